The van der Waals surface area contributed by atoms with E-state index in [0.29, 0.717) is 0 Å². The van der Waals surface area contributed by atoms with Crippen molar-refractivity contribution < 1.29 is 19.2 Å². The summed E-state index contributed by atoms with van der Waals surface area (Å²) in [6.07, 6.45) is 2.54. The summed E-state index contributed by atoms with van der Waals surface area (Å²) in [6, 6.07) is 0. The summed E-state index contributed by atoms with van der Waals surface area (Å²) >= 11 is 0.878. The van der Waals surface area contributed by atoms with E-state index in [-0.39, 0.29) is 11.3 Å². The molecule has 1 aromatic heterocycles. The molecule has 0 spiro atoms. The SMILES string of the molecule is CSC(=O)c1oncc1C(=O)O. The molecule has 64 valence electrons. The number of rotatable bonds is 2. The number of carbonyl (C=O) groups excluding carboxylic acids is 1. The van der Waals surface area contributed by atoms with Gasteiger partial charge < -0.3 is 9.63 Å². The highest BCUT2D eigenvalue weighted by molar-refractivity contribution is 8.13. The summed E-state index contributed by atoms with van der Waals surface area (Å²) in [5.74, 6) is -1.43. The number of thioether (sulfide) groups is 1. The summed E-state index contributed by atoms with van der Waals surface area (Å²) in [4.78, 5) is 21.4. The molecule has 0 radical (unpaired) electrons. The Morgan fingerprint density at radius 2 is 2.33 bits per heavy atom. The normalized spacial score (nSPS) is 9.75. The molecule has 0 aliphatic heterocycles. The zero-order valence-corrected chi connectivity index (χ0v) is 6.92. The predicted octanol–water partition coefficient (Wildman–Crippen LogP) is 0.876. The first-order chi connectivity index (χ1) is 5.66. The van der Waals surface area contributed by atoms with E-state index in [1.807, 2.05) is 0 Å². The van der Waals surface area contributed by atoms with Gasteiger partial charge in [-0.25, -0.2) is 4.79 Å². The third-order valence-electron chi connectivity index (χ3n) is 1.17. The lowest BCUT2D eigenvalue weighted by Crippen LogP contribution is -2.01. The van der Waals surface area contributed by atoms with Crippen LogP contribution in [0.25, 0.3) is 0 Å². The Kier molecular flexibility index (Phi) is 2.49. The maximum Gasteiger partial charge on any atom is 0.341 e. The minimum atomic E-state index is -1.21. The number of hydrogen-bond acceptors (Lipinski definition) is 5. The molecule has 0 aliphatic carbocycles. The van der Waals surface area contributed by atoms with Crippen LogP contribution in [0.1, 0.15) is 20.9 Å². The average molecular weight is 187 g/mol. The van der Waals surface area contributed by atoms with E-state index in [1.165, 1.54) is 6.26 Å². The largest absolute Gasteiger partial charge is 0.477 e. The Hall–Kier alpha value is -1.30. The number of carboxylic acid groups (broad SMARTS) is 1. The van der Waals surface area contributed by atoms with E-state index in [2.05, 4.69) is 9.68 Å². The molecule has 1 N–H and O–H groups in total. The second-order valence-electron chi connectivity index (χ2n) is 1.87. The van der Waals surface area contributed by atoms with E-state index in [0.717, 1.165) is 18.0 Å². The molecule has 0 saturated heterocycles. The topological polar surface area (TPSA) is 80.4 Å². The minimum absolute atomic E-state index is 0.200. The minimum Gasteiger partial charge on any atom is -0.477 e. The van der Waals surface area contributed by atoms with Gasteiger partial charge in [0.2, 0.25) is 5.76 Å². The quantitative estimate of drug-likeness (QED) is 0.740. The van der Waals surface area contributed by atoms with Crippen molar-refractivity contribution >= 4 is 22.8 Å². The molecule has 12 heavy (non-hydrogen) atoms. The third-order valence-corrected chi connectivity index (χ3v) is 1.73. The molecule has 0 bridgehead atoms. The van der Waals surface area contributed by atoms with E-state index in [4.69, 9.17) is 5.11 Å². The molecule has 5 nitrogen and oxygen atoms in total. The van der Waals surface area contributed by atoms with Crippen LogP contribution in [0.15, 0.2) is 10.7 Å². The number of carbonyl (C=O) groups is 2. The Morgan fingerprint density at radius 3 is 2.83 bits per heavy atom. The van der Waals surface area contributed by atoms with Crippen molar-refractivity contribution in [1.82, 2.24) is 5.16 Å². The fourth-order valence-corrected chi connectivity index (χ4v) is 0.964. The van der Waals surface area contributed by atoms with Gasteiger partial charge in [0.1, 0.15) is 5.56 Å². The second-order valence-corrected chi connectivity index (χ2v) is 2.64. The number of hydrogen-bond donors (Lipinski definition) is 1. The fourth-order valence-electron chi connectivity index (χ4n) is 0.632. The molecule has 0 atom stereocenters. The van der Waals surface area contributed by atoms with Gasteiger partial charge in [-0.1, -0.05) is 16.9 Å². The molecular weight excluding hydrogens is 182 g/mol. The zero-order chi connectivity index (χ0) is 9.14. The van der Waals surface area contributed by atoms with E-state index in [1.54, 1.807) is 0 Å². The molecule has 1 aromatic rings. The van der Waals surface area contributed by atoms with Gasteiger partial charge in [0.15, 0.2) is 0 Å². The van der Waals surface area contributed by atoms with E-state index < -0.39 is 11.1 Å². The van der Waals surface area contributed by atoms with Gasteiger partial charge in [-0.05, 0) is 6.26 Å². The lowest BCUT2D eigenvalue weighted by molar-refractivity contribution is 0.0691. The highest BCUT2D eigenvalue weighted by atomic mass is 32.2. The smallest absolute Gasteiger partial charge is 0.341 e. The second kappa shape index (κ2) is 3.40. The summed E-state index contributed by atoms with van der Waals surface area (Å²) in [5, 5.41) is 11.3. The van der Waals surface area contributed by atoms with Crippen molar-refractivity contribution in [3.63, 3.8) is 0 Å². The zero-order valence-electron chi connectivity index (χ0n) is 6.10. The van der Waals surface area contributed by atoms with Crippen LogP contribution < -0.4 is 0 Å². The Morgan fingerprint density at radius 1 is 1.67 bits per heavy atom. The van der Waals surface area contributed by atoms with Crippen molar-refractivity contribution in [3.05, 3.63) is 17.5 Å². The summed E-state index contributed by atoms with van der Waals surface area (Å²) in [5.41, 5.74) is -0.200. The van der Waals surface area contributed by atoms with Crippen LogP contribution in [-0.4, -0.2) is 27.6 Å². The van der Waals surface area contributed by atoms with E-state index >= 15 is 0 Å². The maximum atomic E-state index is 11.0. The molecule has 1 heterocycles. The van der Waals surface area contributed by atoms with Gasteiger partial charge in [0.05, 0.1) is 6.20 Å². The lowest BCUT2D eigenvalue weighted by Gasteiger charge is -1.90. The third kappa shape index (κ3) is 1.48. The van der Waals surface area contributed by atoms with Gasteiger partial charge in [-0.15, -0.1) is 0 Å². The van der Waals surface area contributed by atoms with Crippen molar-refractivity contribution in [2.45, 2.75) is 0 Å². The highest BCUT2D eigenvalue weighted by Crippen LogP contribution is 2.14. The van der Waals surface area contributed by atoms with Gasteiger partial charge in [-0.3, -0.25) is 4.79 Å². The Balaban J connectivity index is 3.07. The highest BCUT2D eigenvalue weighted by Gasteiger charge is 2.20. The van der Waals surface area contributed by atoms with Gasteiger partial charge in [-0.2, -0.15) is 0 Å². The summed E-state index contributed by atoms with van der Waals surface area (Å²) < 4.78 is 4.48. The van der Waals surface area contributed by atoms with Crippen molar-refractivity contribution in [2.75, 3.05) is 6.26 Å². The van der Waals surface area contributed by atoms with Gasteiger partial charge in [0.25, 0.3) is 5.12 Å². The van der Waals surface area contributed by atoms with E-state index in [9.17, 15) is 9.59 Å². The first kappa shape index (κ1) is 8.79. The van der Waals surface area contributed by atoms with Crippen LogP contribution in [-0.2, 0) is 0 Å². The summed E-state index contributed by atoms with van der Waals surface area (Å²) in [7, 11) is 0. The van der Waals surface area contributed by atoms with Crippen molar-refractivity contribution in [1.29, 1.82) is 0 Å². The van der Waals surface area contributed by atoms with Crippen LogP contribution in [0.4, 0.5) is 0 Å². The van der Waals surface area contributed by atoms with Crippen molar-refractivity contribution in [3.8, 4) is 0 Å². The first-order valence-corrected chi connectivity index (χ1v) is 4.15. The van der Waals surface area contributed by atoms with Crippen molar-refractivity contribution in [2.24, 2.45) is 0 Å². The van der Waals surface area contributed by atoms with Gasteiger partial charge >= 0.3 is 5.97 Å². The first-order valence-electron chi connectivity index (χ1n) is 2.93. The number of aromatic carboxylic acids is 1. The predicted molar refractivity (Wildman–Crippen MR) is 41.3 cm³/mol. The molecule has 0 fully saturated rings. The number of aromatic nitrogens is 1. The molecular formula is C6H5NO4S. The number of nitrogens with zero attached hydrogens (tertiary/aromatic N) is 1. The molecule has 0 aliphatic rings. The Labute approximate surface area is 71.7 Å². The van der Waals surface area contributed by atoms with Crippen LogP contribution in [0, 0.1) is 0 Å². The monoisotopic (exact) mass is 187 g/mol. The standard InChI is InChI=1S/C6H5NO4S/c1-12-6(10)4-3(5(8)9)2-7-11-4/h2H,1H3,(H,8,9). The molecule has 0 amide bonds. The maximum absolute atomic E-state index is 11.0. The Bertz CT molecular complexity index is 319. The molecule has 0 saturated carbocycles. The van der Waals surface area contributed by atoms with Crippen LogP contribution in [0.5, 0.6) is 0 Å². The average Bonchev–Trinajstić information content (AvgIpc) is 2.50. The van der Waals surface area contributed by atoms with Crippen LogP contribution in [0.2, 0.25) is 0 Å². The molecule has 6 heteroatoms. The van der Waals surface area contributed by atoms with Gasteiger partial charge in [0, 0.05) is 0 Å². The molecule has 1 rings (SSSR count). The lowest BCUT2D eigenvalue weighted by atomic mass is 10.3. The molecule has 0 aromatic carbocycles. The van der Waals surface area contributed by atoms with Crippen LogP contribution in [0.3, 0.4) is 0 Å². The van der Waals surface area contributed by atoms with Crippen LogP contribution >= 0.6 is 11.8 Å². The fraction of sp³-hybridized carbons (Fsp3) is 0.167. The summed E-state index contributed by atoms with van der Waals surface area (Å²) in [6.45, 7) is 0. The molecule has 0 unspecified atom stereocenters. The number of carboxylic acids is 1.